The number of hydrogen-bond donors (Lipinski definition) is 0. The summed E-state index contributed by atoms with van der Waals surface area (Å²) in [7, 11) is 4.67. The van der Waals surface area contributed by atoms with E-state index in [9.17, 15) is 4.79 Å². The average molecular weight is 302 g/mol. The van der Waals surface area contributed by atoms with Crippen LogP contribution in [-0.4, -0.2) is 33.7 Å². The lowest BCUT2D eigenvalue weighted by molar-refractivity contribution is 0.0921. The molecule has 2 rings (SSSR count). The number of carbonyl (C=O) groups excluding carboxylic acids is 1. The van der Waals surface area contributed by atoms with Gasteiger partial charge in [0.2, 0.25) is 0 Å². The van der Waals surface area contributed by atoms with E-state index in [2.05, 4.69) is 0 Å². The molecule has 0 saturated heterocycles. The third-order valence-corrected chi connectivity index (χ3v) is 3.13. The molecule has 2 aromatic carbocycles. The largest absolute Gasteiger partial charge is 0.497 e. The standard InChI is InChI=1S/C17H18O5/c1-19-13-5-7-14(8-6-13)22-11-15(18)12-4-9-16(20-2)17(10-12)21-3/h4-10H,11H2,1-3H3. The summed E-state index contributed by atoms with van der Waals surface area (Å²) in [5.74, 6) is 2.29. The number of methoxy groups -OCH3 is 3. The van der Waals surface area contributed by atoms with Crippen molar-refractivity contribution in [2.75, 3.05) is 27.9 Å². The monoisotopic (exact) mass is 302 g/mol. The van der Waals surface area contributed by atoms with E-state index in [1.807, 2.05) is 0 Å². The highest BCUT2D eigenvalue weighted by Crippen LogP contribution is 2.27. The molecule has 2 aromatic rings. The average Bonchev–Trinajstić information content (AvgIpc) is 2.59. The van der Waals surface area contributed by atoms with Crippen molar-refractivity contribution in [2.24, 2.45) is 0 Å². The molecular weight excluding hydrogens is 284 g/mol. The minimum absolute atomic E-state index is 0.0538. The van der Waals surface area contributed by atoms with Crippen LogP contribution in [0.3, 0.4) is 0 Å². The van der Waals surface area contributed by atoms with Gasteiger partial charge in [0.05, 0.1) is 21.3 Å². The number of ketones is 1. The zero-order valence-corrected chi connectivity index (χ0v) is 12.8. The Morgan fingerprint density at radius 2 is 1.45 bits per heavy atom. The predicted octanol–water partition coefficient (Wildman–Crippen LogP) is 2.97. The van der Waals surface area contributed by atoms with E-state index < -0.39 is 0 Å². The highest BCUT2D eigenvalue weighted by Gasteiger charge is 2.11. The van der Waals surface area contributed by atoms with Crippen LogP contribution in [0, 0.1) is 0 Å². The van der Waals surface area contributed by atoms with Crippen molar-refractivity contribution in [1.29, 1.82) is 0 Å². The van der Waals surface area contributed by atoms with Crippen molar-refractivity contribution < 1.29 is 23.7 Å². The molecular formula is C17H18O5. The highest BCUT2D eigenvalue weighted by molar-refractivity contribution is 5.97. The van der Waals surface area contributed by atoms with Crippen molar-refractivity contribution in [3.63, 3.8) is 0 Å². The lowest BCUT2D eigenvalue weighted by atomic mass is 10.1. The van der Waals surface area contributed by atoms with E-state index >= 15 is 0 Å². The first-order chi connectivity index (χ1) is 10.7. The molecule has 0 spiro atoms. The predicted molar refractivity (Wildman–Crippen MR) is 82.4 cm³/mol. The molecule has 0 radical (unpaired) electrons. The fourth-order valence-electron chi connectivity index (χ4n) is 1.91. The van der Waals surface area contributed by atoms with Crippen LogP contribution in [0.25, 0.3) is 0 Å². The Hall–Kier alpha value is -2.69. The van der Waals surface area contributed by atoms with Gasteiger partial charge in [-0.3, -0.25) is 4.79 Å². The zero-order valence-electron chi connectivity index (χ0n) is 12.8. The summed E-state index contributed by atoms with van der Waals surface area (Å²) in [6.07, 6.45) is 0. The van der Waals surface area contributed by atoms with Gasteiger partial charge in [-0.15, -0.1) is 0 Å². The van der Waals surface area contributed by atoms with E-state index in [0.717, 1.165) is 5.75 Å². The van der Waals surface area contributed by atoms with E-state index in [0.29, 0.717) is 22.8 Å². The number of benzene rings is 2. The van der Waals surface area contributed by atoms with Gasteiger partial charge < -0.3 is 18.9 Å². The van der Waals surface area contributed by atoms with Crippen molar-refractivity contribution >= 4 is 5.78 Å². The van der Waals surface area contributed by atoms with Gasteiger partial charge in [-0.25, -0.2) is 0 Å². The maximum atomic E-state index is 12.2. The molecule has 0 atom stereocenters. The molecule has 0 aliphatic carbocycles. The minimum atomic E-state index is -0.142. The molecule has 0 saturated carbocycles. The number of ether oxygens (including phenoxy) is 4. The van der Waals surface area contributed by atoms with E-state index in [-0.39, 0.29) is 12.4 Å². The van der Waals surface area contributed by atoms with Crippen LogP contribution < -0.4 is 18.9 Å². The molecule has 0 N–H and O–H groups in total. The number of Topliss-reactive ketones (excluding diaryl/α,β-unsaturated/α-hetero) is 1. The molecule has 116 valence electrons. The normalized spacial score (nSPS) is 9.95. The molecule has 0 amide bonds. The minimum Gasteiger partial charge on any atom is -0.497 e. The van der Waals surface area contributed by atoms with Crippen LogP contribution in [0.15, 0.2) is 42.5 Å². The summed E-state index contributed by atoms with van der Waals surface area (Å²) in [5.41, 5.74) is 0.506. The molecule has 0 fully saturated rings. The highest BCUT2D eigenvalue weighted by atomic mass is 16.5. The van der Waals surface area contributed by atoms with E-state index in [4.69, 9.17) is 18.9 Å². The second-order valence-electron chi connectivity index (χ2n) is 4.46. The number of rotatable bonds is 7. The third kappa shape index (κ3) is 3.69. The summed E-state index contributed by atoms with van der Waals surface area (Å²) in [4.78, 5) is 12.2. The quantitative estimate of drug-likeness (QED) is 0.736. The van der Waals surface area contributed by atoms with Gasteiger partial charge in [0.25, 0.3) is 0 Å². The fourth-order valence-corrected chi connectivity index (χ4v) is 1.91. The smallest absolute Gasteiger partial charge is 0.200 e. The Morgan fingerprint density at radius 1 is 0.818 bits per heavy atom. The third-order valence-electron chi connectivity index (χ3n) is 3.13. The Labute approximate surface area is 129 Å². The second-order valence-corrected chi connectivity index (χ2v) is 4.46. The molecule has 0 aliphatic rings. The number of carbonyl (C=O) groups is 1. The Balaban J connectivity index is 2.02. The van der Waals surface area contributed by atoms with Gasteiger partial charge in [-0.1, -0.05) is 0 Å². The molecule has 0 aromatic heterocycles. The first-order valence-electron chi connectivity index (χ1n) is 6.70. The van der Waals surface area contributed by atoms with Crippen LogP contribution in [0.2, 0.25) is 0 Å². The topological polar surface area (TPSA) is 54.0 Å². The maximum absolute atomic E-state index is 12.2. The first-order valence-corrected chi connectivity index (χ1v) is 6.70. The van der Waals surface area contributed by atoms with Crippen LogP contribution >= 0.6 is 0 Å². The van der Waals surface area contributed by atoms with Crippen molar-refractivity contribution in [1.82, 2.24) is 0 Å². The Bertz CT molecular complexity index is 634. The van der Waals surface area contributed by atoms with Crippen molar-refractivity contribution in [3.8, 4) is 23.0 Å². The van der Waals surface area contributed by atoms with Gasteiger partial charge >= 0.3 is 0 Å². The van der Waals surface area contributed by atoms with Crippen LogP contribution in [0.5, 0.6) is 23.0 Å². The molecule has 5 heteroatoms. The summed E-state index contributed by atoms with van der Waals surface area (Å²) in [6.45, 7) is -0.0538. The van der Waals surface area contributed by atoms with Gasteiger partial charge in [-0.05, 0) is 42.5 Å². The van der Waals surface area contributed by atoms with Crippen LogP contribution in [-0.2, 0) is 0 Å². The SMILES string of the molecule is COc1ccc(OCC(=O)c2ccc(OC)c(OC)c2)cc1. The zero-order chi connectivity index (χ0) is 15.9. The molecule has 0 aliphatic heterocycles. The molecule has 0 unspecified atom stereocenters. The van der Waals surface area contributed by atoms with E-state index in [1.54, 1.807) is 56.7 Å². The van der Waals surface area contributed by atoms with Crippen molar-refractivity contribution in [3.05, 3.63) is 48.0 Å². The Morgan fingerprint density at radius 3 is 2.05 bits per heavy atom. The molecule has 5 nitrogen and oxygen atoms in total. The fraction of sp³-hybridized carbons (Fsp3) is 0.235. The van der Waals surface area contributed by atoms with Crippen LogP contribution in [0.4, 0.5) is 0 Å². The van der Waals surface area contributed by atoms with Gasteiger partial charge in [0.15, 0.2) is 23.9 Å². The lowest BCUT2D eigenvalue weighted by Gasteiger charge is -2.10. The summed E-state index contributed by atoms with van der Waals surface area (Å²) >= 11 is 0. The van der Waals surface area contributed by atoms with Gasteiger partial charge in [0.1, 0.15) is 11.5 Å². The second kappa shape index (κ2) is 7.36. The van der Waals surface area contributed by atoms with Crippen LogP contribution in [0.1, 0.15) is 10.4 Å². The Kier molecular flexibility index (Phi) is 5.25. The van der Waals surface area contributed by atoms with E-state index in [1.165, 1.54) is 7.11 Å². The maximum Gasteiger partial charge on any atom is 0.200 e. The summed E-state index contributed by atoms with van der Waals surface area (Å²) in [6, 6.07) is 12.1. The number of hydrogen-bond acceptors (Lipinski definition) is 5. The summed E-state index contributed by atoms with van der Waals surface area (Å²) < 4.78 is 20.9. The summed E-state index contributed by atoms with van der Waals surface area (Å²) in [5, 5.41) is 0. The van der Waals surface area contributed by atoms with Gasteiger partial charge in [-0.2, -0.15) is 0 Å². The molecule has 22 heavy (non-hydrogen) atoms. The van der Waals surface area contributed by atoms with Crippen molar-refractivity contribution in [2.45, 2.75) is 0 Å². The first kappa shape index (κ1) is 15.7. The molecule has 0 heterocycles. The lowest BCUT2D eigenvalue weighted by Crippen LogP contribution is -2.11. The van der Waals surface area contributed by atoms with Gasteiger partial charge in [0, 0.05) is 5.56 Å². The molecule has 0 bridgehead atoms.